The van der Waals surface area contributed by atoms with Crippen LogP contribution < -0.4 is 4.74 Å². The minimum atomic E-state index is -0.146. The smallest absolute Gasteiger partial charge is 0.227 e. The van der Waals surface area contributed by atoms with Gasteiger partial charge in [-0.05, 0) is 41.0 Å². The monoisotopic (exact) mass is 469 g/mol. The van der Waals surface area contributed by atoms with Gasteiger partial charge in [-0.2, -0.15) is 5.26 Å². The Hall–Kier alpha value is -3.66. The highest BCUT2D eigenvalue weighted by Gasteiger charge is 2.24. The van der Waals surface area contributed by atoms with Gasteiger partial charge in [0.15, 0.2) is 0 Å². The zero-order chi connectivity index (χ0) is 24.5. The molecule has 1 unspecified atom stereocenters. The summed E-state index contributed by atoms with van der Waals surface area (Å²) in [4.78, 5) is 17.1. The second-order valence-corrected chi connectivity index (χ2v) is 8.73. The van der Waals surface area contributed by atoms with Crippen LogP contribution in [0.15, 0.2) is 78.9 Å². The van der Waals surface area contributed by atoms with Crippen molar-refractivity contribution in [1.82, 2.24) is 9.80 Å². The molecule has 1 heterocycles. The molecule has 4 rings (SSSR count). The maximum absolute atomic E-state index is 12.7. The molecule has 0 bridgehead atoms. The second kappa shape index (κ2) is 12.2. The Balaban J connectivity index is 1.37. The summed E-state index contributed by atoms with van der Waals surface area (Å²) in [6.45, 7) is 4.22. The van der Waals surface area contributed by atoms with E-state index in [0.29, 0.717) is 31.7 Å². The fourth-order valence-electron chi connectivity index (χ4n) is 4.27. The van der Waals surface area contributed by atoms with Crippen molar-refractivity contribution in [3.05, 3.63) is 101 Å². The number of ether oxygens (including phenoxy) is 2. The normalized spacial score (nSPS) is 14.8. The molecule has 180 valence electrons. The lowest BCUT2D eigenvalue weighted by Gasteiger charge is -2.36. The van der Waals surface area contributed by atoms with E-state index in [-0.39, 0.29) is 12.0 Å². The van der Waals surface area contributed by atoms with Crippen LogP contribution in [0.5, 0.6) is 5.75 Å². The molecule has 35 heavy (non-hydrogen) atoms. The molecule has 1 aliphatic heterocycles. The molecule has 0 saturated carbocycles. The standard InChI is InChI=1S/C29H31N3O3/c1-34-27-9-5-8-26(19-27)28(35-22-25-12-10-24(20-30)11-13-25)21-31-14-16-32(17-15-31)29(33)18-23-6-3-2-4-7-23/h2-13,19,28H,14-18,21-22H2,1H3. The molecule has 0 spiro atoms. The first-order valence-corrected chi connectivity index (χ1v) is 11.9. The van der Waals surface area contributed by atoms with Gasteiger partial charge in [-0.1, -0.05) is 54.6 Å². The van der Waals surface area contributed by atoms with Crippen LogP contribution in [0.3, 0.4) is 0 Å². The van der Waals surface area contributed by atoms with Crippen molar-refractivity contribution < 1.29 is 14.3 Å². The summed E-state index contributed by atoms with van der Waals surface area (Å²) in [6, 6.07) is 27.5. The predicted octanol–water partition coefficient (Wildman–Crippen LogP) is 4.21. The number of hydrogen-bond acceptors (Lipinski definition) is 5. The number of hydrogen-bond donors (Lipinski definition) is 0. The Kier molecular flexibility index (Phi) is 8.50. The van der Waals surface area contributed by atoms with E-state index in [0.717, 1.165) is 42.1 Å². The second-order valence-electron chi connectivity index (χ2n) is 8.73. The highest BCUT2D eigenvalue weighted by atomic mass is 16.5. The molecule has 3 aromatic rings. The van der Waals surface area contributed by atoms with Crippen molar-refractivity contribution in [2.45, 2.75) is 19.1 Å². The van der Waals surface area contributed by atoms with Crippen LogP contribution in [0.25, 0.3) is 0 Å². The fraction of sp³-hybridized carbons (Fsp3) is 0.310. The van der Waals surface area contributed by atoms with Gasteiger partial charge in [0.25, 0.3) is 0 Å². The van der Waals surface area contributed by atoms with E-state index in [4.69, 9.17) is 14.7 Å². The number of methoxy groups -OCH3 is 1. The zero-order valence-electron chi connectivity index (χ0n) is 20.1. The molecular formula is C29H31N3O3. The summed E-state index contributed by atoms with van der Waals surface area (Å²) in [5.74, 6) is 0.975. The van der Waals surface area contributed by atoms with Crippen LogP contribution in [0.1, 0.15) is 28.4 Å². The van der Waals surface area contributed by atoms with E-state index in [9.17, 15) is 4.79 Å². The minimum absolute atomic E-state index is 0.146. The molecule has 1 saturated heterocycles. The summed E-state index contributed by atoms with van der Waals surface area (Å²) in [7, 11) is 1.66. The molecule has 1 aliphatic rings. The molecule has 6 nitrogen and oxygen atoms in total. The van der Waals surface area contributed by atoms with Crippen LogP contribution in [-0.2, 0) is 22.6 Å². The van der Waals surface area contributed by atoms with Gasteiger partial charge in [0.05, 0.1) is 37.9 Å². The van der Waals surface area contributed by atoms with E-state index < -0.39 is 0 Å². The third kappa shape index (κ3) is 6.92. The molecule has 1 fully saturated rings. The highest BCUT2D eigenvalue weighted by Crippen LogP contribution is 2.25. The molecule has 1 atom stereocenters. The zero-order valence-corrected chi connectivity index (χ0v) is 20.1. The number of piperazine rings is 1. The van der Waals surface area contributed by atoms with Gasteiger partial charge >= 0.3 is 0 Å². The number of amides is 1. The van der Waals surface area contributed by atoms with Crippen molar-refractivity contribution in [1.29, 1.82) is 5.26 Å². The average Bonchev–Trinajstić information content (AvgIpc) is 2.92. The molecule has 3 aromatic carbocycles. The number of carbonyl (C=O) groups is 1. The molecule has 1 amide bonds. The van der Waals surface area contributed by atoms with Crippen molar-refractivity contribution in [2.24, 2.45) is 0 Å². The third-order valence-electron chi connectivity index (χ3n) is 6.35. The van der Waals surface area contributed by atoms with E-state index >= 15 is 0 Å². The van der Waals surface area contributed by atoms with E-state index in [1.807, 2.05) is 77.7 Å². The SMILES string of the molecule is COc1cccc(C(CN2CCN(C(=O)Cc3ccccc3)CC2)OCc2ccc(C#N)cc2)c1. The lowest BCUT2D eigenvalue weighted by atomic mass is 10.1. The van der Waals surface area contributed by atoms with Crippen LogP contribution >= 0.6 is 0 Å². The average molecular weight is 470 g/mol. The number of nitrogens with zero attached hydrogens (tertiary/aromatic N) is 3. The van der Waals surface area contributed by atoms with Crippen LogP contribution in [0.2, 0.25) is 0 Å². The van der Waals surface area contributed by atoms with Crippen molar-refractivity contribution in [3.8, 4) is 11.8 Å². The summed E-state index contributed by atoms with van der Waals surface area (Å²) in [5, 5.41) is 9.03. The molecule has 0 aliphatic carbocycles. The van der Waals surface area contributed by atoms with E-state index in [1.54, 1.807) is 7.11 Å². The Bertz CT molecular complexity index is 1130. The Morgan fingerprint density at radius 3 is 2.37 bits per heavy atom. The largest absolute Gasteiger partial charge is 0.497 e. The summed E-state index contributed by atoms with van der Waals surface area (Å²) in [5.41, 5.74) is 3.76. The van der Waals surface area contributed by atoms with Crippen LogP contribution in [0.4, 0.5) is 0 Å². The van der Waals surface area contributed by atoms with Gasteiger partial charge in [0, 0.05) is 32.7 Å². The van der Waals surface area contributed by atoms with Crippen LogP contribution in [-0.4, -0.2) is 55.5 Å². The molecule has 6 heteroatoms. The first kappa shape index (κ1) is 24.5. The summed E-state index contributed by atoms with van der Waals surface area (Å²) >= 11 is 0. The lowest BCUT2D eigenvalue weighted by molar-refractivity contribution is -0.132. The van der Waals surface area contributed by atoms with E-state index in [2.05, 4.69) is 17.0 Å². The van der Waals surface area contributed by atoms with Gasteiger partial charge in [-0.15, -0.1) is 0 Å². The number of carbonyl (C=O) groups excluding carboxylic acids is 1. The van der Waals surface area contributed by atoms with Gasteiger partial charge in [0.2, 0.25) is 5.91 Å². The van der Waals surface area contributed by atoms with E-state index in [1.165, 1.54) is 0 Å². The van der Waals surface area contributed by atoms with Crippen molar-refractivity contribution >= 4 is 5.91 Å². The number of rotatable bonds is 9. The first-order chi connectivity index (χ1) is 17.1. The molecule has 0 aromatic heterocycles. The minimum Gasteiger partial charge on any atom is -0.497 e. The Labute approximate surface area is 207 Å². The number of nitriles is 1. The Morgan fingerprint density at radius 1 is 0.943 bits per heavy atom. The maximum Gasteiger partial charge on any atom is 0.227 e. The third-order valence-corrected chi connectivity index (χ3v) is 6.35. The van der Waals surface area contributed by atoms with Crippen LogP contribution in [0, 0.1) is 11.3 Å². The fourth-order valence-corrected chi connectivity index (χ4v) is 4.27. The first-order valence-electron chi connectivity index (χ1n) is 11.9. The van der Waals surface area contributed by atoms with Gasteiger partial charge in [-0.25, -0.2) is 0 Å². The summed E-state index contributed by atoms with van der Waals surface area (Å²) < 4.78 is 11.8. The van der Waals surface area contributed by atoms with Gasteiger partial charge < -0.3 is 14.4 Å². The quantitative estimate of drug-likeness (QED) is 0.470. The maximum atomic E-state index is 12.7. The number of benzene rings is 3. The topological polar surface area (TPSA) is 65.8 Å². The van der Waals surface area contributed by atoms with Crippen molar-refractivity contribution in [3.63, 3.8) is 0 Å². The summed E-state index contributed by atoms with van der Waals surface area (Å²) in [6.07, 6.45) is 0.299. The Morgan fingerprint density at radius 2 is 1.69 bits per heavy atom. The van der Waals surface area contributed by atoms with Crippen molar-refractivity contribution in [2.75, 3.05) is 39.8 Å². The molecule has 0 N–H and O–H groups in total. The molecular weight excluding hydrogens is 438 g/mol. The van der Waals surface area contributed by atoms with Gasteiger partial charge in [0.1, 0.15) is 5.75 Å². The molecule has 0 radical (unpaired) electrons. The van der Waals surface area contributed by atoms with Gasteiger partial charge in [-0.3, -0.25) is 9.69 Å². The predicted molar refractivity (Wildman–Crippen MR) is 135 cm³/mol. The highest BCUT2D eigenvalue weighted by molar-refractivity contribution is 5.78. The lowest BCUT2D eigenvalue weighted by Crippen LogP contribution is -2.50.